The van der Waals surface area contributed by atoms with Gasteiger partial charge in [-0.2, -0.15) is 0 Å². The molecule has 5 nitrogen and oxygen atoms in total. The molecule has 0 amide bonds. The number of epoxide rings is 1. The molecule has 1 aromatic rings. The fourth-order valence-corrected chi connectivity index (χ4v) is 7.05. The smallest absolute Gasteiger partial charge is 0.315 e. The molecule has 5 aliphatic rings. The van der Waals surface area contributed by atoms with Crippen molar-refractivity contribution in [3.05, 3.63) is 42.0 Å². The highest BCUT2D eigenvalue weighted by Crippen LogP contribution is 2.67. The number of quaternary nitrogens is 1. The molecule has 0 aromatic heterocycles. The fourth-order valence-electron chi connectivity index (χ4n) is 7.05. The maximum Gasteiger partial charge on any atom is 0.315 e. The van der Waals surface area contributed by atoms with Crippen LogP contribution in [0.5, 0.6) is 0 Å². The molecule has 6 rings (SSSR count). The Morgan fingerprint density at radius 3 is 2.73 bits per heavy atom. The van der Waals surface area contributed by atoms with Gasteiger partial charge in [0.2, 0.25) is 0 Å². The zero-order chi connectivity index (χ0) is 20.5. The number of nitrogens with one attached hydrogen (secondary N) is 1. The summed E-state index contributed by atoms with van der Waals surface area (Å²) in [6.45, 7) is 9.68. The average molecular weight is 410 g/mol. The van der Waals surface area contributed by atoms with Gasteiger partial charge in [0.25, 0.3) is 0 Å². The summed E-state index contributed by atoms with van der Waals surface area (Å²) in [5.41, 5.74) is 2.55. The van der Waals surface area contributed by atoms with Crippen LogP contribution in [0, 0.1) is 17.8 Å². The van der Waals surface area contributed by atoms with Gasteiger partial charge in [0.05, 0.1) is 38.3 Å². The quantitative estimate of drug-likeness (QED) is 0.470. The molecular formula is C25H33N2O3+. The standard InChI is InChI=1S/C25H32N2O3/c1-17-8-11-25-21(17)22-19(9-10-24(25,2)30-25)20(23(28)29-22)16-26-12-14-27(15-13-26)18-6-4-3-5-7-18/h3-8,19-22H,9-16H2,1-2H3/p+1/t19-,20+,21+,22-,24+,25-/m0/s1. The number of hydrogen-bond acceptors (Lipinski definition) is 4. The van der Waals surface area contributed by atoms with Crippen LogP contribution in [0.2, 0.25) is 0 Å². The highest BCUT2D eigenvalue weighted by atomic mass is 16.6. The van der Waals surface area contributed by atoms with Crippen molar-refractivity contribution >= 4 is 11.7 Å². The van der Waals surface area contributed by atoms with E-state index < -0.39 is 0 Å². The van der Waals surface area contributed by atoms with Crippen LogP contribution in [0.3, 0.4) is 0 Å². The van der Waals surface area contributed by atoms with Crippen molar-refractivity contribution in [1.82, 2.24) is 0 Å². The Balaban J connectivity index is 1.15. The number of piperazine rings is 1. The van der Waals surface area contributed by atoms with Gasteiger partial charge in [-0.3, -0.25) is 4.79 Å². The Morgan fingerprint density at radius 1 is 1.20 bits per heavy atom. The van der Waals surface area contributed by atoms with Gasteiger partial charge in [0.1, 0.15) is 17.6 Å². The normalized spacial score (nSPS) is 42.7. The molecule has 0 unspecified atom stereocenters. The summed E-state index contributed by atoms with van der Waals surface area (Å²) in [5.74, 6) is 0.685. The van der Waals surface area contributed by atoms with E-state index in [0.717, 1.165) is 52.0 Å². The van der Waals surface area contributed by atoms with Crippen molar-refractivity contribution in [1.29, 1.82) is 0 Å². The number of benzene rings is 1. The maximum atomic E-state index is 13.0. The first-order valence-corrected chi connectivity index (χ1v) is 11.7. The zero-order valence-corrected chi connectivity index (χ0v) is 18.1. The van der Waals surface area contributed by atoms with Crippen molar-refractivity contribution in [2.45, 2.75) is 50.4 Å². The van der Waals surface area contributed by atoms with Gasteiger partial charge >= 0.3 is 5.97 Å². The van der Waals surface area contributed by atoms with Gasteiger partial charge in [-0.05, 0) is 45.2 Å². The van der Waals surface area contributed by atoms with Crippen molar-refractivity contribution in [3.63, 3.8) is 0 Å². The number of hydrogen-bond donors (Lipinski definition) is 1. The van der Waals surface area contributed by atoms with E-state index in [1.165, 1.54) is 11.3 Å². The molecule has 1 N–H and O–H groups in total. The number of esters is 1. The molecule has 160 valence electrons. The summed E-state index contributed by atoms with van der Waals surface area (Å²) >= 11 is 0. The van der Waals surface area contributed by atoms with E-state index in [0.29, 0.717) is 5.92 Å². The number of carbonyl (C=O) groups is 1. The minimum atomic E-state index is -0.0974. The summed E-state index contributed by atoms with van der Waals surface area (Å²) in [4.78, 5) is 17.0. The lowest BCUT2D eigenvalue weighted by Crippen LogP contribution is -3.15. The zero-order valence-electron chi connectivity index (χ0n) is 18.1. The van der Waals surface area contributed by atoms with Crippen LogP contribution in [-0.4, -0.2) is 56.0 Å². The van der Waals surface area contributed by atoms with Gasteiger partial charge < -0.3 is 19.3 Å². The highest BCUT2D eigenvalue weighted by molar-refractivity contribution is 5.75. The topological polar surface area (TPSA) is 46.5 Å². The van der Waals surface area contributed by atoms with E-state index in [1.54, 1.807) is 4.90 Å². The summed E-state index contributed by atoms with van der Waals surface area (Å²) in [5, 5.41) is 0. The molecule has 1 saturated carbocycles. The first-order chi connectivity index (χ1) is 14.5. The SMILES string of the molecule is CC1=CC[C@@]23O[C@]2(C)CC[C@@H]2[C@H](OC(=O)[C@@H]2C[NH+]2CCN(c4ccccc4)CC2)[C@@H]13. The molecule has 2 aliphatic carbocycles. The highest BCUT2D eigenvalue weighted by Gasteiger charge is 2.76. The second kappa shape index (κ2) is 6.57. The third-order valence-corrected chi connectivity index (χ3v) is 8.86. The number of rotatable bonds is 3. The predicted molar refractivity (Wildman–Crippen MR) is 114 cm³/mol. The van der Waals surface area contributed by atoms with E-state index in [1.807, 2.05) is 0 Å². The molecule has 30 heavy (non-hydrogen) atoms. The molecule has 3 aliphatic heterocycles. The third kappa shape index (κ3) is 2.64. The van der Waals surface area contributed by atoms with Crippen LogP contribution in [0.25, 0.3) is 0 Å². The van der Waals surface area contributed by atoms with Crippen LogP contribution in [0.15, 0.2) is 42.0 Å². The Hall–Kier alpha value is -1.85. The van der Waals surface area contributed by atoms with E-state index in [4.69, 9.17) is 9.47 Å². The largest absolute Gasteiger partial charge is 0.461 e. The van der Waals surface area contributed by atoms with Crippen molar-refractivity contribution in [3.8, 4) is 0 Å². The number of anilines is 1. The summed E-state index contributed by atoms with van der Waals surface area (Å²) in [6, 6.07) is 10.7. The number of fused-ring (bicyclic) bond motifs is 2. The lowest BCUT2D eigenvalue weighted by atomic mass is 9.77. The minimum absolute atomic E-state index is 0.00980. The molecule has 4 fully saturated rings. The van der Waals surface area contributed by atoms with E-state index in [9.17, 15) is 4.79 Å². The van der Waals surface area contributed by atoms with Gasteiger partial charge in [0.15, 0.2) is 0 Å². The lowest BCUT2D eigenvalue weighted by molar-refractivity contribution is -0.903. The van der Waals surface area contributed by atoms with Crippen molar-refractivity contribution in [2.24, 2.45) is 17.8 Å². The molecule has 1 aromatic carbocycles. The monoisotopic (exact) mass is 409 g/mol. The van der Waals surface area contributed by atoms with Crippen molar-refractivity contribution < 1.29 is 19.2 Å². The first kappa shape index (κ1) is 18.9. The van der Waals surface area contributed by atoms with Crippen molar-refractivity contribution in [2.75, 3.05) is 37.6 Å². The van der Waals surface area contributed by atoms with Crippen LogP contribution < -0.4 is 9.80 Å². The Kier molecular flexibility index (Phi) is 4.14. The van der Waals surface area contributed by atoms with Gasteiger partial charge in [0, 0.05) is 17.5 Å². The molecule has 0 radical (unpaired) electrons. The maximum absolute atomic E-state index is 13.0. The Bertz CT molecular complexity index is 878. The Morgan fingerprint density at radius 2 is 1.97 bits per heavy atom. The van der Waals surface area contributed by atoms with Crippen LogP contribution in [0.4, 0.5) is 5.69 Å². The van der Waals surface area contributed by atoms with Gasteiger partial charge in [-0.1, -0.05) is 29.8 Å². The van der Waals surface area contributed by atoms with Crippen LogP contribution in [0.1, 0.15) is 33.1 Å². The summed E-state index contributed by atoms with van der Waals surface area (Å²) in [7, 11) is 0. The number of para-hydroxylation sites is 1. The van der Waals surface area contributed by atoms with Crippen LogP contribution in [-0.2, 0) is 14.3 Å². The second-order valence-corrected chi connectivity index (χ2v) is 10.3. The predicted octanol–water partition coefficient (Wildman–Crippen LogP) is 1.84. The molecule has 6 atom stereocenters. The van der Waals surface area contributed by atoms with E-state index in [2.05, 4.69) is 55.2 Å². The third-order valence-electron chi connectivity index (χ3n) is 8.86. The van der Waals surface area contributed by atoms with Crippen LogP contribution >= 0.6 is 0 Å². The molecule has 3 saturated heterocycles. The lowest BCUT2D eigenvalue weighted by Gasteiger charge is -2.35. The minimum Gasteiger partial charge on any atom is -0.461 e. The van der Waals surface area contributed by atoms with E-state index >= 15 is 0 Å². The molecular weight excluding hydrogens is 376 g/mol. The summed E-state index contributed by atoms with van der Waals surface area (Å²) in [6.07, 6.45) is 5.42. The molecule has 3 heterocycles. The first-order valence-electron chi connectivity index (χ1n) is 11.7. The number of nitrogens with zero attached hydrogens (tertiary/aromatic N) is 1. The average Bonchev–Trinajstić information content (AvgIpc) is 3.07. The fraction of sp³-hybridized carbons (Fsp3) is 0.640. The van der Waals surface area contributed by atoms with Gasteiger partial charge in [-0.25, -0.2) is 0 Å². The number of carbonyl (C=O) groups excluding carboxylic acids is 1. The molecule has 0 bridgehead atoms. The second-order valence-electron chi connectivity index (χ2n) is 10.3. The molecule has 1 spiro atoms. The number of ether oxygens (including phenoxy) is 2. The Labute approximate surface area is 179 Å². The summed E-state index contributed by atoms with van der Waals surface area (Å²) < 4.78 is 12.5. The molecule has 5 heteroatoms. The van der Waals surface area contributed by atoms with E-state index in [-0.39, 0.29) is 35.1 Å². The van der Waals surface area contributed by atoms with Gasteiger partial charge in [-0.15, -0.1) is 0 Å².